The Morgan fingerprint density at radius 3 is 2.39 bits per heavy atom. The minimum Gasteiger partial charge on any atom is -0.371 e. The number of piperidine rings is 1. The largest absolute Gasteiger partial charge is 0.371 e. The first-order valence-electron chi connectivity index (χ1n) is 13.0. The molecule has 36 heavy (non-hydrogen) atoms. The number of nitrogens with one attached hydrogen (secondary N) is 2. The zero-order valence-electron chi connectivity index (χ0n) is 20.7. The third kappa shape index (κ3) is 5.12. The molecule has 192 valence electrons. The van der Waals surface area contributed by atoms with Crippen molar-refractivity contribution in [1.82, 2.24) is 4.98 Å². The smallest absolute Gasteiger partial charge is 0.266 e. The van der Waals surface area contributed by atoms with Gasteiger partial charge in [0.25, 0.3) is 11.8 Å². The van der Waals surface area contributed by atoms with Crippen LogP contribution < -0.4 is 19.8 Å². The molecule has 1 aromatic heterocycles. The van der Waals surface area contributed by atoms with Gasteiger partial charge >= 0.3 is 0 Å². The van der Waals surface area contributed by atoms with E-state index < -0.39 is 5.92 Å². The summed E-state index contributed by atoms with van der Waals surface area (Å²) in [6.07, 6.45) is 7.25. The average molecular weight is 514 g/mol. The molecule has 2 aliphatic carbocycles. The summed E-state index contributed by atoms with van der Waals surface area (Å²) in [5.74, 6) is -2.11. The first-order chi connectivity index (χ1) is 17.2. The second kappa shape index (κ2) is 8.78. The normalized spacial score (nSPS) is 23.0. The van der Waals surface area contributed by atoms with Crippen LogP contribution in [0.5, 0.6) is 0 Å². The lowest BCUT2D eigenvalue weighted by Crippen LogP contribution is -2.35. The van der Waals surface area contributed by atoms with Crippen molar-refractivity contribution in [3.63, 3.8) is 0 Å². The topological polar surface area (TPSA) is 60.5 Å². The molecule has 2 aromatic rings. The molecule has 0 bridgehead atoms. The van der Waals surface area contributed by atoms with Gasteiger partial charge in [0.05, 0.1) is 17.8 Å². The fraction of sp³-hybridized carbons (Fsp3) is 0.556. The van der Waals surface area contributed by atoms with Gasteiger partial charge in [0, 0.05) is 36.5 Å². The van der Waals surface area contributed by atoms with E-state index >= 15 is 0 Å². The number of alkyl halides is 2. The molecule has 2 N–H and O–H groups in total. The van der Waals surface area contributed by atoms with Gasteiger partial charge in [-0.3, -0.25) is 4.79 Å². The summed E-state index contributed by atoms with van der Waals surface area (Å²) in [6, 6.07) is 11.1. The number of hydrogen-bond acceptors (Lipinski definition) is 6. The third-order valence-electron chi connectivity index (χ3n) is 8.20. The Morgan fingerprint density at radius 1 is 0.972 bits per heavy atom. The Kier molecular flexibility index (Phi) is 5.81. The molecule has 6 nitrogen and oxygen atoms in total. The Hall–Kier alpha value is -2.55. The molecule has 1 aromatic carbocycles. The van der Waals surface area contributed by atoms with Gasteiger partial charge in [-0.1, -0.05) is 6.07 Å². The van der Waals surface area contributed by atoms with E-state index in [9.17, 15) is 13.6 Å². The van der Waals surface area contributed by atoms with Crippen LogP contribution in [0.1, 0.15) is 62.2 Å². The van der Waals surface area contributed by atoms with Crippen molar-refractivity contribution < 1.29 is 13.6 Å². The maximum atomic E-state index is 13.7. The van der Waals surface area contributed by atoms with Crippen LogP contribution >= 0.6 is 11.9 Å². The van der Waals surface area contributed by atoms with Crippen LogP contribution in [0.4, 0.5) is 31.8 Å². The fourth-order valence-electron chi connectivity index (χ4n) is 5.19. The van der Waals surface area contributed by atoms with Gasteiger partial charge in [0.15, 0.2) is 0 Å². The van der Waals surface area contributed by atoms with Crippen molar-refractivity contribution in [1.29, 1.82) is 0 Å². The molecule has 4 aliphatic rings. The second-order valence-electron chi connectivity index (χ2n) is 11.2. The van der Waals surface area contributed by atoms with Gasteiger partial charge in [-0.2, -0.15) is 0 Å². The third-order valence-corrected chi connectivity index (χ3v) is 9.44. The number of halogens is 2. The van der Waals surface area contributed by atoms with Crippen LogP contribution in [0.25, 0.3) is 0 Å². The maximum Gasteiger partial charge on any atom is 0.266 e. The van der Waals surface area contributed by atoms with E-state index in [0.717, 1.165) is 24.5 Å². The summed E-state index contributed by atoms with van der Waals surface area (Å²) in [5, 5.41) is 2.92. The Morgan fingerprint density at radius 2 is 1.72 bits per heavy atom. The number of amides is 1. The minimum atomic E-state index is -2.70. The molecule has 2 saturated heterocycles. The zero-order chi connectivity index (χ0) is 25.0. The lowest BCUT2D eigenvalue weighted by Gasteiger charge is -2.35. The van der Waals surface area contributed by atoms with Crippen LogP contribution in [-0.2, 0) is 0 Å². The number of rotatable bonds is 7. The van der Waals surface area contributed by atoms with Gasteiger partial charge in [-0.15, -0.1) is 0 Å². The second-order valence-corrected chi connectivity index (χ2v) is 12.6. The number of benzene rings is 1. The number of carbonyl (C=O) groups is 1. The first-order valence-corrected chi connectivity index (χ1v) is 13.8. The molecule has 0 atom stereocenters. The molecule has 9 heteroatoms. The van der Waals surface area contributed by atoms with Crippen molar-refractivity contribution in [3.05, 3.63) is 42.0 Å². The van der Waals surface area contributed by atoms with Crippen molar-refractivity contribution in [2.45, 2.75) is 62.5 Å². The van der Waals surface area contributed by atoms with E-state index in [2.05, 4.69) is 32.9 Å². The molecule has 0 radical (unpaired) electrons. The van der Waals surface area contributed by atoms with Gasteiger partial charge in [0.1, 0.15) is 11.6 Å². The number of anilines is 4. The number of aromatic nitrogens is 1. The van der Waals surface area contributed by atoms with Crippen LogP contribution in [0, 0.1) is 5.41 Å². The summed E-state index contributed by atoms with van der Waals surface area (Å²) in [6.45, 7) is 4.07. The number of pyridine rings is 1. The highest BCUT2D eigenvalue weighted by atomic mass is 32.2. The fourth-order valence-corrected chi connectivity index (χ4v) is 5.99. The summed E-state index contributed by atoms with van der Waals surface area (Å²) < 4.78 is 31.2. The van der Waals surface area contributed by atoms with E-state index in [0.29, 0.717) is 27.4 Å². The highest BCUT2D eigenvalue weighted by Crippen LogP contribution is 2.54. The highest BCUT2D eigenvalue weighted by molar-refractivity contribution is 8.02. The van der Waals surface area contributed by atoms with Crippen molar-refractivity contribution >= 4 is 40.9 Å². The Balaban J connectivity index is 1.21. The zero-order valence-corrected chi connectivity index (χ0v) is 21.5. The van der Waals surface area contributed by atoms with Gasteiger partial charge in [-0.05, 0) is 93.1 Å². The Bertz CT molecular complexity index is 1160. The molecular weight excluding hydrogens is 480 g/mol. The first kappa shape index (κ1) is 23.8. The number of nitrogens with zero attached hydrogens (tertiary/aromatic N) is 3. The van der Waals surface area contributed by atoms with E-state index in [1.165, 1.54) is 38.5 Å². The monoisotopic (exact) mass is 513 g/mol. The molecule has 3 heterocycles. The summed E-state index contributed by atoms with van der Waals surface area (Å²) in [7, 11) is 0. The maximum absolute atomic E-state index is 13.7. The van der Waals surface area contributed by atoms with E-state index in [1.54, 1.807) is 35.0 Å². The number of carbonyl (C=O) groups excluding carboxylic acids is 1. The van der Waals surface area contributed by atoms with Gasteiger partial charge < -0.3 is 19.8 Å². The molecule has 6 rings (SSSR count). The predicted octanol–water partition coefficient (Wildman–Crippen LogP) is 6.17. The number of hydrogen-bond donors (Lipinski definition) is 2. The SMILES string of the molecule is CC1(SNc2ccc(C(=O)Nc3cccc(N4CCC(F)(F)C4)n3)c(N3CCC4(CC3)CC4)c2)CC1. The van der Waals surface area contributed by atoms with Crippen molar-refractivity contribution in [2.75, 3.05) is 46.0 Å². The quantitative estimate of drug-likeness (QED) is 0.432. The van der Waals surface area contributed by atoms with E-state index in [-0.39, 0.29) is 25.4 Å². The molecule has 1 amide bonds. The van der Waals surface area contributed by atoms with Crippen molar-refractivity contribution in [2.24, 2.45) is 5.41 Å². The van der Waals surface area contributed by atoms with Crippen molar-refractivity contribution in [3.8, 4) is 0 Å². The molecule has 2 saturated carbocycles. The standard InChI is InChI=1S/C27H33F2N5OS/c1-25(7-8-25)36-32-19-5-6-20(21(17-19)33-14-11-26(9-10-26)12-15-33)24(35)31-22-3-2-4-23(30-22)34-16-13-27(28,29)18-34/h2-6,17,32H,7-16,18H2,1H3,(H,30,31,35). The van der Waals surface area contributed by atoms with Gasteiger partial charge in [0.2, 0.25) is 0 Å². The summed E-state index contributed by atoms with van der Waals surface area (Å²) in [4.78, 5) is 21.8. The van der Waals surface area contributed by atoms with E-state index in [1.807, 2.05) is 12.1 Å². The lowest BCUT2D eigenvalue weighted by atomic mass is 9.93. The van der Waals surface area contributed by atoms with Crippen LogP contribution in [0.3, 0.4) is 0 Å². The average Bonchev–Trinajstić information content (AvgIpc) is 3.77. The Labute approximate surface area is 215 Å². The summed E-state index contributed by atoms with van der Waals surface area (Å²) >= 11 is 1.76. The van der Waals surface area contributed by atoms with Gasteiger partial charge in [-0.25, -0.2) is 13.8 Å². The molecule has 2 aliphatic heterocycles. The minimum absolute atomic E-state index is 0.177. The molecule has 1 spiro atoms. The lowest BCUT2D eigenvalue weighted by molar-refractivity contribution is 0.0256. The molecule has 0 unspecified atom stereocenters. The highest BCUT2D eigenvalue weighted by Gasteiger charge is 2.45. The molecular formula is C27H33F2N5OS. The van der Waals surface area contributed by atoms with E-state index in [4.69, 9.17) is 0 Å². The van der Waals surface area contributed by atoms with Crippen LogP contribution in [0.15, 0.2) is 36.4 Å². The van der Waals surface area contributed by atoms with Crippen LogP contribution in [0.2, 0.25) is 0 Å². The van der Waals surface area contributed by atoms with Crippen LogP contribution in [-0.4, -0.2) is 47.7 Å². The summed E-state index contributed by atoms with van der Waals surface area (Å²) in [5.41, 5.74) is 3.09. The molecule has 4 fully saturated rings. The predicted molar refractivity (Wildman–Crippen MR) is 142 cm³/mol.